The van der Waals surface area contributed by atoms with Crippen molar-refractivity contribution in [1.29, 1.82) is 0 Å². The number of aromatic nitrogens is 3. The Bertz CT molecular complexity index is 807. The molecule has 28 heavy (non-hydrogen) atoms. The molecule has 0 aliphatic carbocycles. The maximum Gasteiger partial charge on any atom is 0.233 e. The molecule has 1 saturated heterocycles. The molecule has 1 fully saturated rings. The van der Waals surface area contributed by atoms with Crippen LogP contribution in [-0.4, -0.2) is 58.0 Å². The smallest absolute Gasteiger partial charge is 0.233 e. The molecule has 6 nitrogen and oxygen atoms in total. The van der Waals surface area contributed by atoms with Crippen molar-refractivity contribution < 1.29 is 14.1 Å². The molecule has 1 aliphatic heterocycles. The van der Waals surface area contributed by atoms with Crippen molar-refractivity contribution in [3.63, 3.8) is 0 Å². The summed E-state index contributed by atoms with van der Waals surface area (Å²) in [5.41, 5.74) is 0.802. The van der Waals surface area contributed by atoms with Gasteiger partial charge in [0.25, 0.3) is 0 Å². The van der Waals surface area contributed by atoms with Crippen LogP contribution in [0.4, 0.5) is 4.39 Å². The minimum atomic E-state index is -0.284. The second-order valence-corrected chi connectivity index (χ2v) is 8.61. The number of nitrogens with one attached hydrogen (secondary N) is 1. The summed E-state index contributed by atoms with van der Waals surface area (Å²) in [6.45, 7) is 5.02. The molecule has 1 aromatic carbocycles. The van der Waals surface area contributed by atoms with Crippen LogP contribution in [0.1, 0.15) is 45.0 Å². The van der Waals surface area contributed by atoms with E-state index in [1.165, 1.54) is 35.2 Å². The summed E-state index contributed by atoms with van der Waals surface area (Å²) < 4.78 is 15.4. The van der Waals surface area contributed by atoms with Gasteiger partial charge in [0.05, 0.1) is 19.8 Å². The molecule has 0 radical (unpaired) electrons. The van der Waals surface area contributed by atoms with Crippen LogP contribution in [0.2, 0.25) is 0 Å². The number of rotatable bonds is 6. The fourth-order valence-electron chi connectivity index (χ4n) is 3.42. The number of carbonyl (C=O) groups is 1. The maximum atomic E-state index is 13.4. The third-order valence-corrected chi connectivity index (χ3v) is 6.36. The Balaban J connectivity index is 1.84. The molecule has 2 aromatic rings. The van der Waals surface area contributed by atoms with E-state index >= 15 is 0 Å². The summed E-state index contributed by atoms with van der Waals surface area (Å²) in [5.74, 6) is 0.979. The van der Waals surface area contributed by atoms with E-state index in [0.29, 0.717) is 17.0 Å². The number of quaternary nitrogens is 1. The molecule has 152 valence electrons. The standard InChI is InChI=1S/C20H28FN5OS/c1-14-7-5-6-12-25(14)18(27)13-28-20-23-22-19(15(2)24(3)4)26(20)17-10-8-16(21)9-11-17/h8-11,14-15H,5-7,12-13H2,1-4H3/p+1/t14-,15+/m1/s1. The molecular formula is C20H29FN5OS+. The second kappa shape index (κ2) is 9.05. The van der Waals surface area contributed by atoms with Crippen molar-refractivity contribution in [3.8, 4) is 5.69 Å². The molecule has 8 heteroatoms. The first-order valence-electron chi connectivity index (χ1n) is 9.82. The van der Waals surface area contributed by atoms with Gasteiger partial charge in [0.1, 0.15) is 11.9 Å². The van der Waals surface area contributed by atoms with Crippen LogP contribution in [-0.2, 0) is 4.79 Å². The van der Waals surface area contributed by atoms with E-state index < -0.39 is 0 Å². The quantitative estimate of drug-likeness (QED) is 0.747. The van der Waals surface area contributed by atoms with Crippen LogP contribution in [0.25, 0.3) is 5.69 Å². The van der Waals surface area contributed by atoms with Gasteiger partial charge in [0, 0.05) is 18.3 Å². The van der Waals surface area contributed by atoms with Crippen LogP contribution in [0, 0.1) is 5.82 Å². The molecule has 3 rings (SSSR count). The SMILES string of the molecule is C[C@@H]1CCCCN1C(=O)CSc1nnc([C@H](C)[NH+](C)C)n1-c1ccc(F)cc1. The Hall–Kier alpha value is -1.93. The van der Waals surface area contributed by atoms with E-state index in [0.717, 1.165) is 30.9 Å². The molecule has 0 bridgehead atoms. The number of thioether (sulfide) groups is 1. The highest BCUT2D eigenvalue weighted by atomic mass is 32.2. The highest BCUT2D eigenvalue weighted by Gasteiger charge is 2.26. The largest absolute Gasteiger partial charge is 0.339 e. The van der Waals surface area contributed by atoms with Crippen molar-refractivity contribution >= 4 is 17.7 Å². The fraction of sp³-hybridized carbons (Fsp3) is 0.550. The zero-order valence-electron chi connectivity index (χ0n) is 17.0. The first kappa shape index (κ1) is 20.8. The van der Waals surface area contributed by atoms with Gasteiger partial charge in [-0.25, -0.2) is 4.39 Å². The number of hydrogen-bond donors (Lipinski definition) is 1. The molecular weight excluding hydrogens is 377 g/mol. The van der Waals surface area contributed by atoms with Gasteiger partial charge < -0.3 is 9.80 Å². The molecule has 0 unspecified atom stereocenters. The maximum absolute atomic E-state index is 13.4. The van der Waals surface area contributed by atoms with Crippen molar-refractivity contribution in [1.82, 2.24) is 19.7 Å². The summed E-state index contributed by atoms with van der Waals surface area (Å²) in [7, 11) is 4.12. The second-order valence-electron chi connectivity index (χ2n) is 7.67. The van der Waals surface area contributed by atoms with E-state index in [1.807, 2.05) is 9.47 Å². The average molecular weight is 407 g/mol. The van der Waals surface area contributed by atoms with Gasteiger partial charge in [-0.2, -0.15) is 0 Å². The molecule has 1 N–H and O–H groups in total. The van der Waals surface area contributed by atoms with Crippen LogP contribution in [0.15, 0.2) is 29.4 Å². The van der Waals surface area contributed by atoms with E-state index in [9.17, 15) is 9.18 Å². The molecule has 1 amide bonds. The Morgan fingerprint density at radius 3 is 2.64 bits per heavy atom. The topological polar surface area (TPSA) is 55.5 Å². The summed E-state index contributed by atoms with van der Waals surface area (Å²) >= 11 is 1.39. The molecule has 1 aromatic heterocycles. The number of hydrogen-bond acceptors (Lipinski definition) is 4. The number of carbonyl (C=O) groups excluding carboxylic acids is 1. The zero-order valence-corrected chi connectivity index (χ0v) is 17.8. The zero-order chi connectivity index (χ0) is 20.3. The predicted molar refractivity (Wildman–Crippen MR) is 108 cm³/mol. The lowest BCUT2D eigenvalue weighted by atomic mass is 10.0. The molecule has 0 spiro atoms. The van der Waals surface area contributed by atoms with Crippen LogP contribution >= 0.6 is 11.8 Å². The molecule has 0 saturated carbocycles. The van der Waals surface area contributed by atoms with Gasteiger partial charge in [-0.1, -0.05) is 11.8 Å². The van der Waals surface area contributed by atoms with E-state index in [-0.39, 0.29) is 17.8 Å². The Morgan fingerprint density at radius 1 is 1.29 bits per heavy atom. The van der Waals surface area contributed by atoms with Crippen molar-refractivity contribution in [2.75, 3.05) is 26.4 Å². The molecule has 2 atom stereocenters. The molecule has 2 heterocycles. The van der Waals surface area contributed by atoms with Crippen LogP contribution in [0.3, 0.4) is 0 Å². The third kappa shape index (κ3) is 4.55. The molecule has 1 aliphatic rings. The van der Waals surface area contributed by atoms with Crippen LogP contribution < -0.4 is 4.90 Å². The van der Waals surface area contributed by atoms with Gasteiger partial charge in [0.2, 0.25) is 5.91 Å². The highest BCUT2D eigenvalue weighted by molar-refractivity contribution is 7.99. The Labute approximate surface area is 170 Å². The van der Waals surface area contributed by atoms with Crippen molar-refractivity contribution in [2.45, 2.75) is 50.4 Å². The minimum Gasteiger partial charge on any atom is -0.339 e. The van der Waals surface area contributed by atoms with Gasteiger partial charge >= 0.3 is 0 Å². The lowest BCUT2D eigenvalue weighted by Gasteiger charge is -2.33. The number of piperidine rings is 1. The number of halogens is 1. The predicted octanol–water partition coefficient (Wildman–Crippen LogP) is 2.10. The van der Waals surface area contributed by atoms with E-state index in [2.05, 4.69) is 38.1 Å². The van der Waals surface area contributed by atoms with Crippen LogP contribution in [0.5, 0.6) is 0 Å². The first-order valence-corrected chi connectivity index (χ1v) is 10.8. The Morgan fingerprint density at radius 2 is 2.00 bits per heavy atom. The van der Waals surface area contributed by atoms with Crippen molar-refractivity contribution in [3.05, 3.63) is 35.9 Å². The normalized spacial score (nSPS) is 18.5. The van der Waals surface area contributed by atoms with Gasteiger partial charge in [-0.3, -0.25) is 9.36 Å². The number of benzene rings is 1. The van der Waals surface area contributed by atoms with Gasteiger partial charge in [0.15, 0.2) is 11.0 Å². The third-order valence-electron chi connectivity index (χ3n) is 5.44. The summed E-state index contributed by atoms with van der Waals surface area (Å²) in [4.78, 5) is 15.9. The summed E-state index contributed by atoms with van der Waals surface area (Å²) in [5, 5.41) is 9.41. The minimum absolute atomic E-state index is 0.102. The number of likely N-dealkylation sites (tertiary alicyclic amines) is 1. The summed E-state index contributed by atoms with van der Waals surface area (Å²) in [6.07, 6.45) is 3.32. The first-order chi connectivity index (χ1) is 13.4. The lowest BCUT2D eigenvalue weighted by molar-refractivity contribution is -0.890. The van der Waals surface area contributed by atoms with Crippen molar-refractivity contribution in [2.24, 2.45) is 0 Å². The fourth-order valence-corrected chi connectivity index (χ4v) is 4.27. The van der Waals surface area contributed by atoms with E-state index in [4.69, 9.17) is 0 Å². The number of amides is 1. The van der Waals surface area contributed by atoms with Gasteiger partial charge in [-0.15, -0.1) is 10.2 Å². The Kier molecular flexibility index (Phi) is 6.72. The van der Waals surface area contributed by atoms with E-state index in [1.54, 1.807) is 12.1 Å². The monoisotopic (exact) mass is 406 g/mol. The lowest BCUT2D eigenvalue weighted by Crippen LogP contribution is -3.05. The van der Waals surface area contributed by atoms with Gasteiger partial charge in [-0.05, 0) is 57.4 Å². The average Bonchev–Trinajstić information content (AvgIpc) is 3.10. The summed E-state index contributed by atoms with van der Waals surface area (Å²) in [6, 6.07) is 6.70. The number of nitrogens with zero attached hydrogens (tertiary/aromatic N) is 4. The highest BCUT2D eigenvalue weighted by Crippen LogP contribution is 2.26.